The summed E-state index contributed by atoms with van der Waals surface area (Å²) in [5.74, 6) is 0. The Hall–Kier alpha value is -0.780. The van der Waals surface area contributed by atoms with Crippen LogP contribution in [0.15, 0.2) is 0 Å². The van der Waals surface area contributed by atoms with Gasteiger partial charge in [0.2, 0.25) is 0 Å². The first-order valence-electron chi connectivity index (χ1n) is 3.93. The van der Waals surface area contributed by atoms with Gasteiger partial charge in [-0.1, -0.05) is 0 Å². The monoisotopic (exact) mass is 426 g/mol. The number of sulfone groups is 3. The third kappa shape index (κ3) is 4.01. The van der Waals surface area contributed by atoms with Gasteiger partial charge in [0, 0.05) is 0 Å². The van der Waals surface area contributed by atoms with Gasteiger partial charge in [-0.05, 0) is 0 Å². The van der Waals surface area contributed by atoms with Crippen molar-refractivity contribution in [3.05, 3.63) is 11.3 Å². The molecule has 0 saturated carbocycles. The molecule has 142 valence electrons. The smallest absolute Gasteiger partial charge is 0.358 e. The molecule has 0 unspecified atom stereocenters. The predicted octanol–water partition coefficient (Wildman–Crippen LogP) is 1.69. The van der Waals surface area contributed by atoms with Crippen molar-refractivity contribution in [3.63, 3.8) is 0 Å². The molecule has 0 aliphatic heterocycles. The highest BCUT2D eigenvalue weighted by Crippen LogP contribution is 2.47. The minimum atomic E-state index is -8.02. The molecule has 0 heterocycles. The van der Waals surface area contributed by atoms with Crippen molar-refractivity contribution in [1.82, 2.24) is 0 Å². The van der Waals surface area contributed by atoms with Crippen LogP contribution in [0.2, 0.25) is 0 Å². The Morgan fingerprint density at radius 2 is 0.609 bits per heavy atom. The quantitative estimate of drug-likeness (QED) is 0.503. The third-order valence-electron chi connectivity index (χ3n) is 1.57. The largest absolute Gasteiger partial charge is 0.470 e. The topological polar surface area (TPSA) is 102 Å². The second-order valence-corrected chi connectivity index (χ2v) is 9.51. The first-order chi connectivity index (χ1) is 9.12. The number of hydrogen-bond donors (Lipinski definition) is 0. The van der Waals surface area contributed by atoms with E-state index < -0.39 is 50.0 Å². The molecule has 0 N–H and O–H groups in total. The molecule has 0 rings (SSSR count). The van der Waals surface area contributed by atoms with Crippen LogP contribution in [0.3, 0.4) is 0 Å². The lowest BCUT2D eigenvalue weighted by Crippen LogP contribution is -2.47. The minimum Gasteiger partial charge on any atom is -0.358 e. The van der Waals surface area contributed by atoms with Crippen molar-refractivity contribution in [2.24, 2.45) is 0 Å². The number of rotatable bonds is 3. The van der Waals surface area contributed by atoms with Gasteiger partial charge in [0.1, 0.15) is 0 Å². The summed E-state index contributed by atoms with van der Waals surface area (Å²) in [5.41, 5.74) is -21.2. The van der Waals surface area contributed by atoms with E-state index in [4.69, 9.17) is 0 Å². The predicted molar refractivity (Wildman–Crippen MR) is 54.6 cm³/mol. The van der Waals surface area contributed by atoms with Crippen molar-refractivity contribution in [1.29, 1.82) is 0 Å². The van der Waals surface area contributed by atoms with E-state index in [9.17, 15) is 64.8 Å². The number of halogens is 9. The van der Waals surface area contributed by atoms with Gasteiger partial charge in [-0.25, -0.2) is 0 Å². The van der Waals surface area contributed by atoms with Crippen molar-refractivity contribution in [3.8, 4) is 0 Å². The lowest BCUT2D eigenvalue weighted by Gasteiger charge is -2.31. The summed E-state index contributed by atoms with van der Waals surface area (Å²) in [7, 11) is -24.1. The lowest BCUT2D eigenvalue weighted by molar-refractivity contribution is -0.0471. The Morgan fingerprint density at radius 3 is 0.696 bits per heavy atom. The Labute approximate surface area is 123 Å². The maximum atomic E-state index is 12.0. The fourth-order valence-electron chi connectivity index (χ4n) is 0.717. The second-order valence-electron chi connectivity index (χ2n) is 3.10. The molecule has 0 aliphatic rings. The van der Waals surface area contributed by atoms with Crippen LogP contribution in [0.4, 0.5) is 39.5 Å². The molecule has 23 heavy (non-hydrogen) atoms. The molecule has 0 spiro atoms. The fourth-order valence-corrected chi connectivity index (χ4v) is 6.45. The molecule has 0 aromatic carbocycles. The minimum absolute atomic E-state index is 0. The summed E-state index contributed by atoms with van der Waals surface area (Å²) in [6.07, 6.45) is 0. The molecular formula is C5H3F9O6S3-2. The van der Waals surface area contributed by atoms with E-state index in [1.165, 1.54) is 0 Å². The summed E-state index contributed by atoms with van der Waals surface area (Å²) < 4.78 is 167. The zero-order valence-electron chi connectivity index (χ0n) is 10.1. The van der Waals surface area contributed by atoms with Crippen LogP contribution in [0.5, 0.6) is 0 Å². The standard InChI is InChI=1S/C4F9O6S3.CH3/c5-2(6,7)20(14,15)1(21(16,17)3(8,9)10)22(18,19)4(11,12)13;/h;1H3/q2*-1. The molecule has 0 bridgehead atoms. The zero-order valence-corrected chi connectivity index (χ0v) is 12.5. The van der Waals surface area contributed by atoms with E-state index in [0.717, 1.165) is 0 Å². The highest BCUT2D eigenvalue weighted by atomic mass is 32.3. The van der Waals surface area contributed by atoms with Crippen LogP contribution in [-0.4, -0.2) is 41.8 Å². The number of alkyl halides is 9. The van der Waals surface area contributed by atoms with Gasteiger partial charge in [0.15, 0.2) is 29.5 Å². The summed E-state index contributed by atoms with van der Waals surface area (Å²) in [4.78, 5) is 0. The molecule has 0 radical (unpaired) electrons. The first-order valence-corrected chi connectivity index (χ1v) is 8.38. The second kappa shape index (κ2) is 5.94. The van der Waals surface area contributed by atoms with Crippen molar-refractivity contribution >= 4 is 29.5 Å². The SMILES string of the molecule is O=S(=O)([C-](S(=O)(=O)C(F)(F)F)S(=O)(=O)C(F)(F)F)C(F)(F)F.[CH3-]. The highest BCUT2D eigenvalue weighted by Gasteiger charge is 2.63. The van der Waals surface area contributed by atoms with Crippen molar-refractivity contribution < 1.29 is 64.8 Å². The van der Waals surface area contributed by atoms with Crippen LogP contribution in [0.25, 0.3) is 0 Å². The van der Waals surface area contributed by atoms with E-state index in [0.29, 0.717) is 0 Å². The zero-order chi connectivity index (χ0) is 18.6. The molecule has 0 saturated heterocycles. The molecule has 0 amide bonds. The maximum Gasteiger partial charge on any atom is 0.470 e. The average Bonchev–Trinajstić information content (AvgIpc) is 2.09. The molecule has 0 aliphatic carbocycles. The Bertz CT molecular complexity index is 630. The molecule has 0 aromatic heterocycles. The van der Waals surface area contributed by atoms with Gasteiger partial charge in [-0.15, -0.1) is 0 Å². The third-order valence-corrected chi connectivity index (χ3v) is 8.67. The van der Waals surface area contributed by atoms with Crippen LogP contribution < -0.4 is 0 Å². The Kier molecular flexibility index (Phi) is 6.32. The maximum absolute atomic E-state index is 12.0. The highest BCUT2D eigenvalue weighted by molar-refractivity contribution is 8.29. The van der Waals surface area contributed by atoms with Crippen LogP contribution >= 0.6 is 0 Å². The van der Waals surface area contributed by atoms with E-state index in [-0.39, 0.29) is 7.43 Å². The molecule has 0 fully saturated rings. The van der Waals surface area contributed by atoms with Crippen molar-refractivity contribution in [2.45, 2.75) is 16.5 Å². The summed E-state index contributed by atoms with van der Waals surface area (Å²) in [5, 5.41) is 0. The summed E-state index contributed by atoms with van der Waals surface area (Å²) in [6.45, 7) is 0. The van der Waals surface area contributed by atoms with Crippen LogP contribution in [0.1, 0.15) is 0 Å². The van der Waals surface area contributed by atoms with E-state index >= 15 is 0 Å². The van der Waals surface area contributed by atoms with E-state index in [1.54, 1.807) is 0 Å². The van der Waals surface area contributed by atoms with Crippen LogP contribution in [-0.2, 0) is 29.5 Å². The fraction of sp³-hybridized carbons (Fsp3) is 0.600. The van der Waals surface area contributed by atoms with Gasteiger partial charge < -0.3 is 7.43 Å². The Morgan fingerprint density at radius 1 is 0.478 bits per heavy atom. The van der Waals surface area contributed by atoms with Gasteiger partial charge in [-0.2, -0.15) is 39.5 Å². The normalized spacial score (nSPS) is 15.4. The van der Waals surface area contributed by atoms with Gasteiger partial charge in [0.05, 0.1) is 3.91 Å². The Balaban J connectivity index is 0. The lowest BCUT2D eigenvalue weighted by atomic mass is 11.5. The van der Waals surface area contributed by atoms with E-state index in [2.05, 4.69) is 0 Å². The average molecular weight is 426 g/mol. The summed E-state index contributed by atoms with van der Waals surface area (Å²) >= 11 is 0. The molecular weight excluding hydrogens is 423 g/mol. The van der Waals surface area contributed by atoms with Gasteiger partial charge in [-0.3, -0.25) is 25.3 Å². The molecule has 0 atom stereocenters. The van der Waals surface area contributed by atoms with E-state index in [1.807, 2.05) is 0 Å². The molecule has 18 heteroatoms. The first kappa shape index (κ1) is 24.5. The molecule has 0 aromatic rings. The van der Waals surface area contributed by atoms with Crippen molar-refractivity contribution in [2.75, 3.05) is 0 Å². The number of hydrogen-bond acceptors (Lipinski definition) is 6. The van der Waals surface area contributed by atoms with Crippen LogP contribution in [0, 0.1) is 11.3 Å². The molecule has 6 nitrogen and oxygen atoms in total. The van der Waals surface area contributed by atoms with Gasteiger partial charge >= 0.3 is 16.5 Å². The summed E-state index contributed by atoms with van der Waals surface area (Å²) in [6, 6.07) is 0. The van der Waals surface area contributed by atoms with Gasteiger partial charge in [0.25, 0.3) is 0 Å².